The van der Waals surface area contributed by atoms with Gasteiger partial charge in [-0.2, -0.15) is 0 Å². The molecule has 0 unspecified atom stereocenters. The lowest BCUT2D eigenvalue weighted by Gasteiger charge is -2.50. The third-order valence-electron chi connectivity index (χ3n) is 5.92. The first-order valence-corrected chi connectivity index (χ1v) is 10.7. The van der Waals surface area contributed by atoms with Crippen LogP contribution in [0.2, 0.25) is 5.02 Å². The van der Waals surface area contributed by atoms with Crippen LogP contribution < -0.4 is 5.32 Å². The van der Waals surface area contributed by atoms with Crippen molar-refractivity contribution in [3.05, 3.63) is 46.1 Å². The summed E-state index contributed by atoms with van der Waals surface area (Å²) in [6.45, 7) is 1.72. The highest BCUT2D eigenvalue weighted by Gasteiger charge is 2.55. The molecule has 2 N–H and O–H groups in total. The second-order valence-electron chi connectivity index (χ2n) is 7.59. The highest BCUT2D eigenvalue weighted by Crippen LogP contribution is 2.44. The van der Waals surface area contributed by atoms with E-state index in [1.807, 2.05) is 18.2 Å². The fourth-order valence-corrected chi connectivity index (χ4v) is 5.95. The summed E-state index contributed by atoms with van der Waals surface area (Å²) in [5.41, 5.74) is 0.895. The molecule has 0 spiro atoms. The zero-order chi connectivity index (χ0) is 20.1. The van der Waals surface area contributed by atoms with Gasteiger partial charge in [-0.15, -0.1) is 11.8 Å². The van der Waals surface area contributed by atoms with Gasteiger partial charge in [-0.25, -0.2) is 4.79 Å². The van der Waals surface area contributed by atoms with Crippen molar-refractivity contribution in [2.45, 2.75) is 49.4 Å². The van der Waals surface area contributed by atoms with Gasteiger partial charge in [0.25, 0.3) is 5.91 Å². The first-order chi connectivity index (χ1) is 13.3. The van der Waals surface area contributed by atoms with E-state index in [0.717, 1.165) is 18.4 Å². The Morgan fingerprint density at radius 2 is 2.04 bits per heavy atom. The molecule has 1 aromatic rings. The molecule has 0 radical (unpaired) electrons. The van der Waals surface area contributed by atoms with Crippen LogP contribution in [0, 0.1) is 0 Å². The number of fused-ring (bicyclic) bond motifs is 1. The number of halogens is 1. The van der Waals surface area contributed by atoms with Crippen LogP contribution in [0.5, 0.6) is 0 Å². The van der Waals surface area contributed by atoms with Gasteiger partial charge >= 0.3 is 5.97 Å². The molecular weight excluding hydrogens is 400 g/mol. The van der Waals surface area contributed by atoms with E-state index in [4.69, 9.17) is 11.6 Å². The van der Waals surface area contributed by atoms with Gasteiger partial charge in [-0.05, 0) is 43.0 Å². The minimum absolute atomic E-state index is 0.0460. The van der Waals surface area contributed by atoms with Gasteiger partial charge in [0.05, 0.1) is 5.41 Å². The molecule has 2 atom stereocenters. The number of amides is 2. The third-order valence-corrected chi connectivity index (χ3v) is 7.58. The van der Waals surface area contributed by atoms with Crippen LogP contribution in [0.15, 0.2) is 35.5 Å². The summed E-state index contributed by atoms with van der Waals surface area (Å²) >= 11 is 7.64. The smallest absolute Gasteiger partial charge is 0.352 e. The molecule has 8 heteroatoms. The number of hydrogen-bond donors (Lipinski definition) is 2. The first-order valence-electron chi connectivity index (χ1n) is 9.30. The standard InChI is InChI=1S/C20H21ClN2O4S/c1-11-10-28-17-14(16(24)23(17)15(11)18(25)26)22-19(27)20(7-2-3-8-20)12-5-4-6-13(21)9-12/h4-6,9,14,17H,2-3,7-8,10H2,1H3,(H,22,27)(H,25,26)/t14-,17-/m1/s1. The maximum Gasteiger partial charge on any atom is 0.352 e. The molecule has 0 aromatic heterocycles. The van der Waals surface area contributed by atoms with E-state index in [2.05, 4.69) is 5.32 Å². The maximum absolute atomic E-state index is 13.3. The number of carbonyl (C=O) groups is 3. The quantitative estimate of drug-likeness (QED) is 0.731. The van der Waals surface area contributed by atoms with Crippen molar-refractivity contribution in [1.82, 2.24) is 10.2 Å². The van der Waals surface area contributed by atoms with Crippen molar-refractivity contribution < 1.29 is 19.5 Å². The molecule has 1 aliphatic carbocycles. The number of thioether (sulfide) groups is 1. The molecule has 2 fully saturated rings. The monoisotopic (exact) mass is 420 g/mol. The van der Waals surface area contributed by atoms with E-state index >= 15 is 0 Å². The minimum Gasteiger partial charge on any atom is -0.477 e. The lowest BCUT2D eigenvalue weighted by molar-refractivity contribution is -0.151. The van der Waals surface area contributed by atoms with Gasteiger partial charge in [0.15, 0.2) is 0 Å². The number of β-lactam (4-membered cyclic amide) rings is 1. The largest absolute Gasteiger partial charge is 0.477 e. The van der Waals surface area contributed by atoms with Crippen molar-refractivity contribution in [2.24, 2.45) is 0 Å². The van der Waals surface area contributed by atoms with Crippen molar-refractivity contribution in [2.75, 3.05) is 5.75 Å². The SMILES string of the molecule is CC1=C(C(=O)O)N2C(=O)[C@@H](NC(=O)C3(c4cccc(Cl)c4)CCCC3)[C@H]2SC1. The second-order valence-corrected chi connectivity index (χ2v) is 9.14. The van der Waals surface area contributed by atoms with Crippen LogP contribution in [0.25, 0.3) is 0 Å². The van der Waals surface area contributed by atoms with E-state index in [0.29, 0.717) is 29.2 Å². The molecule has 2 amide bonds. The van der Waals surface area contributed by atoms with Gasteiger partial charge in [0, 0.05) is 10.8 Å². The molecular formula is C20H21ClN2O4S. The number of nitrogens with one attached hydrogen (secondary N) is 1. The number of aliphatic carboxylic acids is 1. The first kappa shape index (κ1) is 19.3. The summed E-state index contributed by atoms with van der Waals surface area (Å²) in [6, 6.07) is 6.66. The van der Waals surface area contributed by atoms with Crippen LogP contribution >= 0.6 is 23.4 Å². The van der Waals surface area contributed by atoms with Crippen LogP contribution in [0.4, 0.5) is 0 Å². The molecule has 4 rings (SSSR count). The Morgan fingerprint density at radius 1 is 1.32 bits per heavy atom. The minimum atomic E-state index is -1.10. The number of hydrogen-bond acceptors (Lipinski definition) is 4. The molecule has 1 saturated carbocycles. The average molecular weight is 421 g/mol. The predicted octanol–water partition coefficient (Wildman–Crippen LogP) is 2.91. The van der Waals surface area contributed by atoms with E-state index in [9.17, 15) is 19.5 Å². The molecule has 148 valence electrons. The van der Waals surface area contributed by atoms with Gasteiger partial charge in [0.1, 0.15) is 17.1 Å². The summed E-state index contributed by atoms with van der Waals surface area (Å²) in [5.74, 6) is -1.11. The van der Waals surface area contributed by atoms with E-state index in [1.54, 1.807) is 13.0 Å². The van der Waals surface area contributed by atoms with Crippen LogP contribution in [-0.4, -0.2) is 45.0 Å². The lowest BCUT2D eigenvalue weighted by Crippen LogP contribution is -2.71. The molecule has 6 nitrogen and oxygen atoms in total. The summed E-state index contributed by atoms with van der Waals surface area (Å²) in [4.78, 5) is 38.8. The summed E-state index contributed by atoms with van der Waals surface area (Å²) < 4.78 is 0. The van der Waals surface area contributed by atoms with Crippen LogP contribution in [0.3, 0.4) is 0 Å². The van der Waals surface area contributed by atoms with E-state index in [1.165, 1.54) is 16.7 Å². The maximum atomic E-state index is 13.3. The zero-order valence-electron chi connectivity index (χ0n) is 15.4. The molecule has 1 aromatic carbocycles. The number of nitrogens with zero attached hydrogens (tertiary/aromatic N) is 1. The Morgan fingerprint density at radius 3 is 2.68 bits per heavy atom. The van der Waals surface area contributed by atoms with Crippen LogP contribution in [-0.2, 0) is 19.8 Å². The highest BCUT2D eigenvalue weighted by molar-refractivity contribution is 8.00. The topological polar surface area (TPSA) is 86.7 Å². The molecule has 3 aliphatic rings. The Kier molecular flexibility index (Phi) is 4.91. The molecule has 2 heterocycles. The van der Waals surface area contributed by atoms with Crippen LogP contribution in [0.1, 0.15) is 38.2 Å². The fourth-order valence-electron chi connectivity index (χ4n) is 4.47. The van der Waals surface area contributed by atoms with Crippen molar-refractivity contribution in [1.29, 1.82) is 0 Å². The summed E-state index contributed by atoms with van der Waals surface area (Å²) in [7, 11) is 0. The third kappa shape index (κ3) is 2.92. The molecule has 0 bridgehead atoms. The number of benzene rings is 1. The Balaban J connectivity index is 1.57. The molecule has 1 saturated heterocycles. The Labute approximate surface area is 172 Å². The van der Waals surface area contributed by atoms with Gasteiger partial charge in [-0.3, -0.25) is 14.5 Å². The van der Waals surface area contributed by atoms with E-state index < -0.39 is 17.4 Å². The van der Waals surface area contributed by atoms with E-state index in [-0.39, 0.29) is 22.9 Å². The lowest BCUT2D eigenvalue weighted by atomic mass is 9.77. The predicted molar refractivity (Wildman–Crippen MR) is 107 cm³/mol. The highest BCUT2D eigenvalue weighted by atomic mass is 35.5. The number of carboxylic acid groups (broad SMARTS) is 1. The number of carbonyl (C=O) groups excluding carboxylic acids is 2. The summed E-state index contributed by atoms with van der Waals surface area (Å²) in [5, 5.41) is 12.6. The summed E-state index contributed by atoms with van der Waals surface area (Å²) in [6.07, 6.45) is 3.30. The van der Waals surface area contributed by atoms with Gasteiger partial charge < -0.3 is 10.4 Å². The average Bonchev–Trinajstić information content (AvgIpc) is 3.16. The fraction of sp³-hybridized carbons (Fsp3) is 0.450. The normalized spacial score (nSPS) is 25.9. The van der Waals surface area contributed by atoms with Crippen molar-refractivity contribution in [3.63, 3.8) is 0 Å². The van der Waals surface area contributed by atoms with Gasteiger partial charge in [-0.1, -0.05) is 36.6 Å². The van der Waals surface area contributed by atoms with Crippen molar-refractivity contribution in [3.8, 4) is 0 Å². The van der Waals surface area contributed by atoms with Gasteiger partial charge in [0.2, 0.25) is 5.91 Å². The Hall–Kier alpha value is -1.99. The van der Waals surface area contributed by atoms with Crippen molar-refractivity contribution >= 4 is 41.1 Å². The second kappa shape index (κ2) is 7.12. The zero-order valence-corrected chi connectivity index (χ0v) is 17.0. The molecule has 28 heavy (non-hydrogen) atoms. The number of carboxylic acids is 1. The Bertz CT molecular complexity index is 894. The number of rotatable bonds is 4. The molecule has 2 aliphatic heterocycles.